The Labute approximate surface area is 177 Å². The Morgan fingerprint density at radius 3 is 2.31 bits per heavy atom. The molecular formula is C20H18Cl2N4O3. The summed E-state index contributed by atoms with van der Waals surface area (Å²) in [6, 6.07) is 11.4. The van der Waals surface area contributed by atoms with E-state index in [1.807, 2.05) is 0 Å². The van der Waals surface area contributed by atoms with Gasteiger partial charge in [0.05, 0.1) is 34.4 Å². The lowest BCUT2D eigenvalue weighted by molar-refractivity contribution is -0.117. The van der Waals surface area contributed by atoms with E-state index in [-0.39, 0.29) is 24.8 Å². The van der Waals surface area contributed by atoms with Crippen molar-refractivity contribution in [3.05, 3.63) is 58.1 Å². The zero-order valence-electron chi connectivity index (χ0n) is 15.8. The molecule has 150 valence electrons. The minimum absolute atomic E-state index is 0.117. The molecule has 29 heavy (non-hydrogen) atoms. The predicted octanol–water partition coefficient (Wildman–Crippen LogP) is 3.82. The van der Waals surface area contributed by atoms with Crippen LogP contribution in [-0.4, -0.2) is 41.9 Å². The van der Waals surface area contributed by atoms with Crippen molar-refractivity contribution in [2.75, 3.05) is 23.9 Å². The van der Waals surface area contributed by atoms with Gasteiger partial charge in [0.2, 0.25) is 5.91 Å². The van der Waals surface area contributed by atoms with Gasteiger partial charge < -0.3 is 10.2 Å². The first-order chi connectivity index (χ1) is 13.8. The van der Waals surface area contributed by atoms with E-state index in [2.05, 4.69) is 10.4 Å². The highest BCUT2D eigenvalue weighted by Crippen LogP contribution is 2.29. The van der Waals surface area contributed by atoms with Gasteiger partial charge in [-0.05, 0) is 43.3 Å². The van der Waals surface area contributed by atoms with Gasteiger partial charge in [-0.25, -0.2) is 5.01 Å². The Balaban J connectivity index is 1.64. The Morgan fingerprint density at radius 2 is 1.76 bits per heavy atom. The van der Waals surface area contributed by atoms with E-state index < -0.39 is 5.91 Å². The first kappa shape index (κ1) is 20.8. The lowest BCUT2D eigenvalue weighted by Gasteiger charge is -2.18. The van der Waals surface area contributed by atoms with Gasteiger partial charge in [0.25, 0.3) is 11.8 Å². The number of likely N-dealkylation sites (N-methyl/N-ethyl adjacent to an activating group) is 1. The first-order valence-corrected chi connectivity index (χ1v) is 9.48. The Morgan fingerprint density at radius 1 is 1.14 bits per heavy atom. The standard InChI is InChI=1S/C20H18Cl2N4O3/c1-12-10-18(28)26(24-12)14-8-6-13(7-9-14)20(29)25(2)11-17(27)23-19-15(21)4-3-5-16(19)22/h3-9H,10-11H2,1-2H3,(H,23,27). The van der Waals surface area contributed by atoms with Gasteiger partial charge in [0.15, 0.2) is 0 Å². The fraction of sp³-hybridized carbons (Fsp3) is 0.200. The second-order valence-corrected chi connectivity index (χ2v) is 7.38. The van der Waals surface area contributed by atoms with E-state index in [0.717, 1.165) is 5.71 Å². The molecule has 0 atom stereocenters. The highest BCUT2D eigenvalue weighted by molar-refractivity contribution is 6.39. The molecule has 0 spiro atoms. The van der Waals surface area contributed by atoms with Crippen LogP contribution in [0, 0.1) is 0 Å². The number of hydrazone groups is 1. The van der Waals surface area contributed by atoms with Crippen molar-refractivity contribution in [3.63, 3.8) is 0 Å². The van der Waals surface area contributed by atoms with E-state index in [0.29, 0.717) is 27.0 Å². The average molecular weight is 433 g/mol. The van der Waals surface area contributed by atoms with Crippen LogP contribution < -0.4 is 10.3 Å². The van der Waals surface area contributed by atoms with Crippen LogP contribution in [0.2, 0.25) is 10.0 Å². The van der Waals surface area contributed by atoms with E-state index in [1.165, 1.54) is 17.0 Å². The molecule has 0 unspecified atom stereocenters. The number of halogens is 2. The lowest BCUT2D eigenvalue weighted by Crippen LogP contribution is -2.35. The molecule has 0 radical (unpaired) electrons. The van der Waals surface area contributed by atoms with Crippen molar-refractivity contribution in [2.45, 2.75) is 13.3 Å². The largest absolute Gasteiger partial charge is 0.332 e. The van der Waals surface area contributed by atoms with Gasteiger partial charge in [0, 0.05) is 18.3 Å². The summed E-state index contributed by atoms with van der Waals surface area (Å²) >= 11 is 12.1. The molecule has 0 aliphatic carbocycles. The van der Waals surface area contributed by atoms with Crippen molar-refractivity contribution in [1.82, 2.24) is 4.90 Å². The molecule has 0 saturated heterocycles. The number of carbonyl (C=O) groups excluding carboxylic acids is 3. The summed E-state index contributed by atoms with van der Waals surface area (Å²) in [7, 11) is 1.52. The van der Waals surface area contributed by atoms with Crippen molar-refractivity contribution >= 4 is 58.0 Å². The maximum absolute atomic E-state index is 12.6. The van der Waals surface area contributed by atoms with Crippen molar-refractivity contribution in [3.8, 4) is 0 Å². The maximum Gasteiger partial charge on any atom is 0.254 e. The number of rotatable bonds is 5. The van der Waals surface area contributed by atoms with Gasteiger partial charge in [-0.1, -0.05) is 29.3 Å². The number of amides is 3. The van der Waals surface area contributed by atoms with Crippen molar-refractivity contribution in [2.24, 2.45) is 5.10 Å². The molecule has 2 aromatic rings. The normalized spacial score (nSPS) is 13.3. The van der Waals surface area contributed by atoms with Crippen molar-refractivity contribution in [1.29, 1.82) is 0 Å². The molecule has 3 amide bonds. The Hall–Kier alpha value is -2.90. The lowest BCUT2D eigenvalue weighted by atomic mass is 10.1. The van der Waals surface area contributed by atoms with Crippen LogP contribution in [-0.2, 0) is 9.59 Å². The van der Waals surface area contributed by atoms with E-state index in [9.17, 15) is 14.4 Å². The molecular weight excluding hydrogens is 415 g/mol. The average Bonchev–Trinajstić information content (AvgIpc) is 3.02. The Kier molecular flexibility index (Phi) is 6.20. The number of benzene rings is 2. The fourth-order valence-electron chi connectivity index (χ4n) is 2.81. The second-order valence-electron chi connectivity index (χ2n) is 6.57. The molecule has 1 heterocycles. The second kappa shape index (κ2) is 8.63. The zero-order chi connectivity index (χ0) is 21.1. The summed E-state index contributed by atoms with van der Waals surface area (Å²) in [5, 5.41) is 8.72. The van der Waals surface area contributed by atoms with E-state index in [4.69, 9.17) is 23.2 Å². The summed E-state index contributed by atoms with van der Waals surface area (Å²) < 4.78 is 0. The fourth-order valence-corrected chi connectivity index (χ4v) is 3.30. The molecule has 0 bridgehead atoms. The number of anilines is 2. The van der Waals surface area contributed by atoms with Crippen LogP contribution in [0.1, 0.15) is 23.7 Å². The highest BCUT2D eigenvalue weighted by atomic mass is 35.5. The third-order valence-electron chi connectivity index (χ3n) is 4.23. The van der Waals surface area contributed by atoms with Gasteiger partial charge in [0.1, 0.15) is 0 Å². The molecule has 1 aliphatic heterocycles. The molecule has 2 aromatic carbocycles. The number of carbonyl (C=O) groups is 3. The minimum Gasteiger partial charge on any atom is -0.332 e. The third-order valence-corrected chi connectivity index (χ3v) is 4.86. The van der Waals surface area contributed by atoms with Crippen LogP contribution >= 0.6 is 23.2 Å². The summed E-state index contributed by atoms with van der Waals surface area (Å²) in [6.07, 6.45) is 0.286. The van der Waals surface area contributed by atoms with Crippen LogP contribution in [0.3, 0.4) is 0 Å². The molecule has 1 N–H and O–H groups in total. The molecule has 0 aromatic heterocycles. The molecule has 7 nitrogen and oxygen atoms in total. The molecule has 0 saturated carbocycles. The highest BCUT2D eigenvalue weighted by Gasteiger charge is 2.23. The van der Waals surface area contributed by atoms with Crippen molar-refractivity contribution < 1.29 is 14.4 Å². The summed E-state index contributed by atoms with van der Waals surface area (Å²) in [5.74, 6) is -0.891. The smallest absolute Gasteiger partial charge is 0.254 e. The quantitative estimate of drug-likeness (QED) is 0.779. The number of nitrogens with zero attached hydrogens (tertiary/aromatic N) is 3. The van der Waals surface area contributed by atoms with E-state index in [1.54, 1.807) is 49.4 Å². The van der Waals surface area contributed by atoms with Crippen LogP contribution in [0.15, 0.2) is 47.6 Å². The monoisotopic (exact) mass is 432 g/mol. The Bertz CT molecular complexity index is 985. The molecule has 3 rings (SSSR count). The maximum atomic E-state index is 12.6. The summed E-state index contributed by atoms with van der Waals surface area (Å²) in [5.41, 5.74) is 2.00. The van der Waals surface area contributed by atoms with Gasteiger partial charge >= 0.3 is 0 Å². The van der Waals surface area contributed by atoms with Gasteiger partial charge in [-0.2, -0.15) is 5.10 Å². The summed E-state index contributed by atoms with van der Waals surface area (Å²) in [6.45, 7) is 1.60. The number of hydrogen-bond acceptors (Lipinski definition) is 4. The first-order valence-electron chi connectivity index (χ1n) is 8.72. The number of nitrogens with one attached hydrogen (secondary N) is 1. The van der Waals surface area contributed by atoms with Gasteiger partial charge in [-0.15, -0.1) is 0 Å². The SMILES string of the molecule is CC1=NN(c2ccc(C(=O)N(C)CC(=O)Nc3c(Cl)cccc3Cl)cc2)C(=O)C1. The minimum atomic E-state index is -0.431. The topological polar surface area (TPSA) is 82.1 Å². The molecule has 9 heteroatoms. The molecule has 0 fully saturated rings. The van der Waals surface area contributed by atoms with E-state index >= 15 is 0 Å². The van der Waals surface area contributed by atoms with Crippen LogP contribution in [0.25, 0.3) is 0 Å². The van der Waals surface area contributed by atoms with Gasteiger partial charge in [-0.3, -0.25) is 14.4 Å². The third kappa shape index (κ3) is 4.75. The molecule has 1 aliphatic rings. The zero-order valence-corrected chi connectivity index (χ0v) is 17.3. The predicted molar refractivity (Wildman–Crippen MR) is 114 cm³/mol. The number of hydrogen-bond donors (Lipinski definition) is 1. The number of para-hydroxylation sites is 1. The van der Waals surface area contributed by atoms with Crippen LogP contribution in [0.4, 0.5) is 11.4 Å². The van der Waals surface area contributed by atoms with Crippen LogP contribution in [0.5, 0.6) is 0 Å². The summed E-state index contributed by atoms with van der Waals surface area (Å²) in [4.78, 5) is 38.1.